The summed E-state index contributed by atoms with van der Waals surface area (Å²) in [5, 5.41) is 8.15. The van der Waals surface area contributed by atoms with Crippen LogP contribution in [0.3, 0.4) is 0 Å². The lowest BCUT2D eigenvalue weighted by Crippen LogP contribution is -2.43. The van der Waals surface area contributed by atoms with E-state index in [9.17, 15) is 0 Å². The van der Waals surface area contributed by atoms with E-state index in [2.05, 4.69) is 44.9 Å². The monoisotopic (exact) mass is 343 g/mol. The molecule has 20 heavy (non-hydrogen) atoms. The highest BCUT2D eigenvalue weighted by Crippen LogP contribution is 2.44. The molecule has 2 rings (SSSR count). The molecule has 1 aromatic rings. The first-order chi connectivity index (χ1) is 9.62. The Hall–Kier alpha value is -0.390. The standard InChI is InChI=1S/C15H26BrN3O/c1-4-19-13(14(16)12(2)18-19)10-15(6-5-7-15)11-17-8-9-20-3/h17H,4-11H2,1-3H3. The van der Waals surface area contributed by atoms with Gasteiger partial charge in [0.25, 0.3) is 0 Å². The van der Waals surface area contributed by atoms with Crippen LogP contribution in [-0.4, -0.2) is 36.6 Å². The molecule has 0 unspecified atom stereocenters. The number of ether oxygens (including phenoxy) is 1. The van der Waals surface area contributed by atoms with Crippen molar-refractivity contribution in [1.29, 1.82) is 0 Å². The van der Waals surface area contributed by atoms with Crippen LogP contribution in [0, 0.1) is 12.3 Å². The average molecular weight is 344 g/mol. The topological polar surface area (TPSA) is 39.1 Å². The summed E-state index contributed by atoms with van der Waals surface area (Å²) in [5.74, 6) is 0. The Morgan fingerprint density at radius 2 is 2.20 bits per heavy atom. The third-order valence-electron chi connectivity index (χ3n) is 4.39. The largest absolute Gasteiger partial charge is 0.383 e. The molecule has 0 bridgehead atoms. The Morgan fingerprint density at radius 1 is 1.45 bits per heavy atom. The number of aryl methyl sites for hydroxylation is 2. The van der Waals surface area contributed by atoms with Crippen molar-refractivity contribution < 1.29 is 4.74 Å². The number of hydrogen-bond acceptors (Lipinski definition) is 3. The quantitative estimate of drug-likeness (QED) is 0.737. The molecule has 0 aromatic carbocycles. The lowest BCUT2D eigenvalue weighted by molar-refractivity contribution is 0.120. The molecule has 1 heterocycles. The van der Waals surface area contributed by atoms with E-state index in [0.29, 0.717) is 5.41 Å². The van der Waals surface area contributed by atoms with Crippen LogP contribution in [0.2, 0.25) is 0 Å². The number of hydrogen-bond donors (Lipinski definition) is 1. The maximum atomic E-state index is 5.10. The van der Waals surface area contributed by atoms with Crippen LogP contribution in [0.25, 0.3) is 0 Å². The van der Waals surface area contributed by atoms with Crippen molar-refractivity contribution in [2.75, 3.05) is 26.8 Å². The molecule has 1 aliphatic carbocycles. The molecule has 1 fully saturated rings. The highest BCUT2D eigenvalue weighted by Gasteiger charge is 2.38. The van der Waals surface area contributed by atoms with E-state index in [4.69, 9.17) is 4.74 Å². The molecule has 1 aromatic heterocycles. The third-order valence-corrected chi connectivity index (χ3v) is 5.42. The number of methoxy groups -OCH3 is 1. The molecule has 0 spiro atoms. The molecule has 0 aliphatic heterocycles. The first-order valence-electron chi connectivity index (χ1n) is 7.53. The van der Waals surface area contributed by atoms with Crippen LogP contribution in [-0.2, 0) is 17.7 Å². The molecule has 0 atom stereocenters. The van der Waals surface area contributed by atoms with Gasteiger partial charge in [0.1, 0.15) is 0 Å². The van der Waals surface area contributed by atoms with E-state index in [1.807, 2.05) is 0 Å². The SMILES string of the molecule is CCn1nc(C)c(Br)c1CC1(CNCCOC)CCC1. The van der Waals surface area contributed by atoms with E-state index in [-0.39, 0.29) is 0 Å². The molecular formula is C15H26BrN3O. The molecular weight excluding hydrogens is 318 g/mol. The Balaban J connectivity index is 2.02. The van der Waals surface area contributed by atoms with Crippen molar-refractivity contribution in [1.82, 2.24) is 15.1 Å². The van der Waals surface area contributed by atoms with Crippen LogP contribution in [0.4, 0.5) is 0 Å². The summed E-state index contributed by atoms with van der Waals surface area (Å²) in [7, 11) is 1.75. The summed E-state index contributed by atoms with van der Waals surface area (Å²) in [5.41, 5.74) is 2.87. The van der Waals surface area contributed by atoms with Crippen LogP contribution in [0.1, 0.15) is 37.6 Å². The normalized spacial score (nSPS) is 17.2. The summed E-state index contributed by atoms with van der Waals surface area (Å²) >= 11 is 3.72. The predicted molar refractivity (Wildman–Crippen MR) is 85.1 cm³/mol. The minimum Gasteiger partial charge on any atom is -0.383 e. The minimum absolute atomic E-state index is 0.412. The fourth-order valence-electron chi connectivity index (χ4n) is 3.01. The van der Waals surface area contributed by atoms with Gasteiger partial charge in [0.2, 0.25) is 0 Å². The van der Waals surface area contributed by atoms with Crippen molar-refractivity contribution in [3.63, 3.8) is 0 Å². The number of halogens is 1. The summed E-state index contributed by atoms with van der Waals surface area (Å²) in [6.45, 7) is 7.97. The van der Waals surface area contributed by atoms with Crippen LogP contribution < -0.4 is 5.32 Å². The molecule has 4 nitrogen and oxygen atoms in total. The Kier molecular flexibility index (Phi) is 5.64. The van der Waals surface area contributed by atoms with Crippen LogP contribution in [0.5, 0.6) is 0 Å². The average Bonchev–Trinajstić information content (AvgIpc) is 2.67. The summed E-state index contributed by atoms with van der Waals surface area (Å²) in [6, 6.07) is 0. The first-order valence-corrected chi connectivity index (χ1v) is 8.32. The molecule has 0 saturated heterocycles. The van der Waals surface area contributed by atoms with E-state index in [1.54, 1.807) is 7.11 Å². The van der Waals surface area contributed by atoms with Gasteiger partial charge in [0.15, 0.2) is 0 Å². The summed E-state index contributed by atoms with van der Waals surface area (Å²) in [4.78, 5) is 0. The van der Waals surface area contributed by atoms with Gasteiger partial charge in [-0.15, -0.1) is 0 Å². The summed E-state index contributed by atoms with van der Waals surface area (Å²) < 4.78 is 8.45. The van der Waals surface area contributed by atoms with Gasteiger partial charge in [-0.3, -0.25) is 4.68 Å². The van der Waals surface area contributed by atoms with Gasteiger partial charge in [-0.2, -0.15) is 5.10 Å². The third kappa shape index (κ3) is 3.43. The second-order valence-electron chi connectivity index (χ2n) is 5.86. The van der Waals surface area contributed by atoms with Gasteiger partial charge in [-0.25, -0.2) is 0 Å². The van der Waals surface area contributed by atoms with Crippen molar-refractivity contribution in [3.05, 3.63) is 15.9 Å². The number of nitrogens with one attached hydrogen (secondary N) is 1. The van der Waals surface area contributed by atoms with E-state index in [1.165, 1.54) is 29.4 Å². The fourth-order valence-corrected chi connectivity index (χ4v) is 3.44. The van der Waals surface area contributed by atoms with Gasteiger partial charge < -0.3 is 10.1 Å². The van der Waals surface area contributed by atoms with Gasteiger partial charge >= 0.3 is 0 Å². The lowest BCUT2D eigenvalue weighted by Gasteiger charge is -2.42. The van der Waals surface area contributed by atoms with E-state index < -0.39 is 0 Å². The first kappa shape index (κ1) is 16.0. The maximum absolute atomic E-state index is 5.10. The number of rotatable bonds is 8. The van der Waals surface area contributed by atoms with Crippen LogP contribution >= 0.6 is 15.9 Å². The van der Waals surface area contributed by atoms with Gasteiger partial charge in [-0.1, -0.05) is 6.42 Å². The highest BCUT2D eigenvalue weighted by molar-refractivity contribution is 9.10. The lowest BCUT2D eigenvalue weighted by atomic mass is 9.66. The molecule has 1 aliphatic rings. The fraction of sp³-hybridized carbons (Fsp3) is 0.800. The number of aromatic nitrogens is 2. The molecule has 0 radical (unpaired) electrons. The van der Waals surface area contributed by atoms with Crippen molar-refractivity contribution in [2.24, 2.45) is 5.41 Å². The smallest absolute Gasteiger partial charge is 0.0738 e. The molecule has 114 valence electrons. The van der Waals surface area contributed by atoms with Crippen molar-refractivity contribution in [2.45, 2.75) is 46.1 Å². The summed E-state index contributed by atoms with van der Waals surface area (Å²) in [6.07, 6.45) is 5.09. The molecule has 0 amide bonds. The van der Waals surface area contributed by atoms with Crippen molar-refractivity contribution >= 4 is 15.9 Å². The second kappa shape index (κ2) is 7.05. The van der Waals surface area contributed by atoms with Crippen LogP contribution in [0.15, 0.2) is 4.47 Å². The Morgan fingerprint density at radius 3 is 2.75 bits per heavy atom. The minimum atomic E-state index is 0.412. The van der Waals surface area contributed by atoms with E-state index >= 15 is 0 Å². The van der Waals surface area contributed by atoms with E-state index in [0.717, 1.165) is 38.4 Å². The molecule has 1 saturated carbocycles. The zero-order valence-electron chi connectivity index (χ0n) is 12.8. The second-order valence-corrected chi connectivity index (χ2v) is 6.65. The Bertz CT molecular complexity index is 441. The predicted octanol–water partition coefficient (Wildman–Crippen LogP) is 2.92. The van der Waals surface area contributed by atoms with Crippen molar-refractivity contribution in [3.8, 4) is 0 Å². The van der Waals surface area contributed by atoms with Gasteiger partial charge in [-0.05, 0) is 54.5 Å². The Labute approximate surface area is 130 Å². The zero-order valence-corrected chi connectivity index (χ0v) is 14.4. The van der Waals surface area contributed by atoms with Gasteiger partial charge in [0, 0.05) is 26.7 Å². The maximum Gasteiger partial charge on any atom is 0.0738 e. The van der Waals surface area contributed by atoms with Gasteiger partial charge in [0.05, 0.1) is 22.5 Å². The highest BCUT2D eigenvalue weighted by atomic mass is 79.9. The zero-order chi connectivity index (χ0) is 14.6. The molecule has 5 heteroatoms. The number of nitrogens with zero attached hydrogens (tertiary/aromatic N) is 2. The molecule has 1 N–H and O–H groups in total.